The minimum atomic E-state index is -3.61. The van der Waals surface area contributed by atoms with Gasteiger partial charge in [-0.2, -0.15) is 0 Å². The molecule has 0 atom stereocenters. The van der Waals surface area contributed by atoms with Gasteiger partial charge in [-0.25, -0.2) is 17.5 Å². The predicted molar refractivity (Wildman–Crippen MR) is 77.5 cm³/mol. The Kier molecular flexibility index (Phi) is 4.87. The second-order valence-corrected chi connectivity index (χ2v) is 6.96. The first-order chi connectivity index (χ1) is 9.53. The van der Waals surface area contributed by atoms with E-state index in [1.807, 2.05) is 0 Å². The standard InChI is InChI=1S/C13H15FN2O2S2/c1-15-8-11-6-12(9-19-11)20(17,18)16-7-10-4-2-3-5-13(10)14/h2-6,9,15-16H,7-8H2,1H3. The molecule has 7 heteroatoms. The molecule has 1 heterocycles. The Hall–Kier alpha value is -1.28. The van der Waals surface area contributed by atoms with Gasteiger partial charge in [-0.1, -0.05) is 18.2 Å². The van der Waals surface area contributed by atoms with E-state index in [0.717, 1.165) is 4.88 Å². The van der Waals surface area contributed by atoms with Crippen LogP contribution in [0.15, 0.2) is 40.6 Å². The van der Waals surface area contributed by atoms with Gasteiger partial charge in [-0.05, 0) is 19.2 Å². The monoisotopic (exact) mass is 314 g/mol. The molecule has 0 aliphatic carbocycles. The summed E-state index contributed by atoms with van der Waals surface area (Å²) in [7, 11) is -1.81. The van der Waals surface area contributed by atoms with Gasteiger partial charge in [-0.15, -0.1) is 11.3 Å². The van der Waals surface area contributed by atoms with E-state index in [1.54, 1.807) is 36.7 Å². The van der Waals surface area contributed by atoms with Gasteiger partial charge in [-0.3, -0.25) is 0 Å². The van der Waals surface area contributed by atoms with Gasteiger partial charge >= 0.3 is 0 Å². The van der Waals surface area contributed by atoms with Gasteiger partial charge in [0.2, 0.25) is 10.0 Å². The Balaban J connectivity index is 2.09. The topological polar surface area (TPSA) is 58.2 Å². The lowest BCUT2D eigenvalue weighted by Crippen LogP contribution is -2.23. The lowest BCUT2D eigenvalue weighted by molar-refractivity contribution is 0.574. The van der Waals surface area contributed by atoms with Crippen molar-refractivity contribution in [2.24, 2.45) is 0 Å². The molecule has 1 aromatic carbocycles. The molecule has 2 N–H and O–H groups in total. The second kappa shape index (κ2) is 6.45. The van der Waals surface area contributed by atoms with Crippen molar-refractivity contribution in [3.63, 3.8) is 0 Å². The zero-order valence-electron chi connectivity index (χ0n) is 10.9. The van der Waals surface area contributed by atoms with Crippen molar-refractivity contribution in [1.82, 2.24) is 10.0 Å². The molecule has 1 aromatic heterocycles. The molecule has 0 saturated carbocycles. The number of thiophene rings is 1. The van der Waals surface area contributed by atoms with Crippen LogP contribution in [0.2, 0.25) is 0 Å². The van der Waals surface area contributed by atoms with E-state index in [2.05, 4.69) is 10.0 Å². The summed E-state index contributed by atoms with van der Waals surface area (Å²) in [6.07, 6.45) is 0. The first-order valence-electron chi connectivity index (χ1n) is 5.98. The summed E-state index contributed by atoms with van der Waals surface area (Å²) in [5, 5.41) is 4.54. The van der Waals surface area contributed by atoms with Crippen molar-refractivity contribution in [2.75, 3.05) is 7.05 Å². The van der Waals surface area contributed by atoms with Crippen molar-refractivity contribution >= 4 is 21.4 Å². The fourth-order valence-corrected chi connectivity index (χ4v) is 3.96. The highest BCUT2D eigenvalue weighted by atomic mass is 32.2. The molecular formula is C13H15FN2O2S2. The molecule has 4 nitrogen and oxygen atoms in total. The molecule has 20 heavy (non-hydrogen) atoms. The van der Waals surface area contributed by atoms with E-state index >= 15 is 0 Å². The molecule has 0 aliphatic heterocycles. The normalized spacial score (nSPS) is 11.7. The summed E-state index contributed by atoms with van der Waals surface area (Å²) in [6, 6.07) is 7.71. The van der Waals surface area contributed by atoms with Crippen LogP contribution in [-0.2, 0) is 23.1 Å². The van der Waals surface area contributed by atoms with Gasteiger partial charge in [0.25, 0.3) is 0 Å². The van der Waals surface area contributed by atoms with Crippen LogP contribution in [0.1, 0.15) is 10.4 Å². The fraction of sp³-hybridized carbons (Fsp3) is 0.231. The molecule has 2 rings (SSSR count). The number of halogens is 1. The SMILES string of the molecule is CNCc1cc(S(=O)(=O)NCc2ccccc2F)cs1. The van der Waals surface area contributed by atoms with Crippen molar-refractivity contribution in [1.29, 1.82) is 0 Å². The molecule has 2 aromatic rings. The number of hydrogen-bond acceptors (Lipinski definition) is 4. The highest BCUT2D eigenvalue weighted by molar-refractivity contribution is 7.89. The molecule has 0 spiro atoms. The van der Waals surface area contributed by atoms with E-state index in [1.165, 1.54) is 17.4 Å². The van der Waals surface area contributed by atoms with E-state index < -0.39 is 15.8 Å². The van der Waals surface area contributed by atoms with Gasteiger partial charge in [0.1, 0.15) is 5.82 Å². The molecule has 0 fully saturated rings. The Morgan fingerprint density at radius 3 is 2.70 bits per heavy atom. The molecule has 0 radical (unpaired) electrons. The van der Waals surface area contributed by atoms with Crippen LogP contribution in [0.5, 0.6) is 0 Å². The summed E-state index contributed by atoms with van der Waals surface area (Å²) >= 11 is 1.37. The number of nitrogens with one attached hydrogen (secondary N) is 2. The summed E-state index contributed by atoms with van der Waals surface area (Å²) in [5.74, 6) is -0.420. The van der Waals surface area contributed by atoms with Crippen LogP contribution in [-0.4, -0.2) is 15.5 Å². The number of hydrogen-bond donors (Lipinski definition) is 2. The number of rotatable bonds is 6. The summed E-state index contributed by atoms with van der Waals surface area (Å²) in [6.45, 7) is 0.555. The van der Waals surface area contributed by atoms with Crippen molar-refractivity contribution < 1.29 is 12.8 Å². The lowest BCUT2D eigenvalue weighted by Gasteiger charge is -2.06. The van der Waals surface area contributed by atoms with Crippen molar-refractivity contribution in [2.45, 2.75) is 18.0 Å². The van der Waals surface area contributed by atoms with E-state index in [9.17, 15) is 12.8 Å². The molecule has 0 amide bonds. The fourth-order valence-electron chi connectivity index (χ4n) is 1.67. The third-order valence-corrected chi connectivity index (χ3v) is 5.17. The first kappa shape index (κ1) is 15.1. The largest absolute Gasteiger partial charge is 0.315 e. The molecule has 0 saturated heterocycles. The number of benzene rings is 1. The van der Waals surface area contributed by atoms with Crippen LogP contribution in [0, 0.1) is 5.82 Å². The van der Waals surface area contributed by atoms with Gasteiger partial charge in [0.05, 0.1) is 4.90 Å². The Labute approximate surface area is 121 Å². The maximum Gasteiger partial charge on any atom is 0.241 e. The van der Waals surface area contributed by atoms with Gasteiger partial charge in [0, 0.05) is 28.9 Å². The van der Waals surface area contributed by atoms with Gasteiger partial charge in [0.15, 0.2) is 0 Å². The van der Waals surface area contributed by atoms with E-state index in [4.69, 9.17) is 0 Å². The molecular weight excluding hydrogens is 299 g/mol. The molecule has 0 aliphatic rings. The van der Waals surface area contributed by atoms with Crippen molar-refractivity contribution in [3.05, 3.63) is 52.0 Å². The second-order valence-electron chi connectivity index (χ2n) is 4.20. The molecule has 108 valence electrons. The summed E-state index contributed by atoms with van der Waals surface area (Å²) in [5.41, 5.74) is 0.321. The average Bonchev–Trinajstić information content (AvgIpc) is 2.88. The van der Waals surface area contributed by atoms with Crippen molar-refractivity contribution in [3.8, 4) is 0 Å². The van der Waals surface area contributed by atoms with Crippen LogP contribution < -0.4 is 10.0 Å². The highest BCUT2D eigenvalue weighted by Gasteiger charge is 2.16. The van der Waals surface area contributed by atoms with E-state index in [-0.39, 0.29) is 11.4 Å². The molecule has 0 bridgehead atoms. The number of sulfonamides is 1. The third kappa shape index (κ3) is 3.63. The van der Waals surface area contributed by atoms with Crippen LogP contribution in [0.3, 0.4) is 0 Å². The predicted octanol–water partition coefficient (Wildman–Crippen LogP) is 2.09. The van der Waals surface area contributed by atoms with Gasteiger partial charge < -0.3 is 5.32 Å². The first-order valence-corrected chi connectivity index (χ1v) is 8.34. The average molecular weight is 314 g/mol. The maximum absolute atomic E-state index is 13.4. The maximum atomic E-state index is 13.4. The minimum Gasteiger partial charge on any atom is -0.315 e. The third-order valence-electron chi connectivity index (χ3n) is 2.70. The smallest absolute Gasteiger partial charge is 0.241 e. The Bertz CT molecular complexity index is 683. The van der Waals surface area contributed by atoms with Crippen LogP contribution >= 0.6 is 11.3 Å². The highest BCUT2D eigenvalue weighted by Crippen LogP contribution is 2.19. The Morgan fingerprint density at radius 1 is 1.25 bits per heavy atom. The summed E-state index contributed by atoms with van der Waals surface area (Å²) in [4.78, 5) is 1.14. The molecule has 0 unspecified atom stereocenters. The lowest BCUT2D eigenvalue weighted by atomic mass is 10.2. The minimum absolute atomic E-state index is 0.0633. The van der Waals surface area contributed by atoms with Crippen LogP contribution in [0.4, 0.5) is 4.39 Å². The zero-order chi connectivity index (χ0) is 14.6. The van der Waals surface area contributed by atoms with Crippen LogP contribution in [0.25, 0.3) is 0 Å². The van der Waals surface area contributed by atoms with E-state index in [0.29, 0.717) is 12.1 Å². The quantitative estimate of drug-likeness (QED) is 0.858. The Morgan fingerprint density at radius 2 is 2.00 bits per heavy atom. The summed E-state index contributed by atoms with van der Waals surface area (Å²) < 4.78 is 40.0. The zero-order valence-corrected chi connectivity index (χ0v) is 12.5.